The summed E-state index contributed by atoms with van der Waals surface area (Å²) in [4.78, 5) is 9.98. The lowest BCUT2D eigenvalue weighted by atomic mass is 10.2. The van der Waals surface area contributed by atoms with Crippen molar-refractivity contribution in [2.75, 3.05) is 13.2 Å². The number of rotatable bonds is 3. The molecule has 0 aliphatic carbocycles. The predicted octanol–water partition coefficient (Wildman–Crippen LogP) is 1.00. The monoisotopic (exact) mass is 225 g/mol. The van der Waals surface area contributed by atoms with E-state index in [9.17, 15) is 10.1 Å². The summed E-state index contributed by atoms with van der Waals surface area (Å²) in [5.41, 5.74) is 0.738. The maximum Gasteiger partial charge on any atom is 0.269 e. The molecule has 0 radical (unpaired) electrons. The number of ether oxygens (including phenoxy) is 2. The molecule has 1 heterocycles. The Morgan fingerprint density at radius 2 is 2.12 bits per heavy atom. The van der Waals surface area contributed by atoms with Gasteiger partial charge >= 0.3 is 0 Å². The van der Waals surface area contributed by atoms with Gasteiger partial charge in [-0.2, -0.15) is 0 Å². The average Bonchev–Trinajstić information content (AvgIpc) is 2.77. The van der Waals surface area contributed by atoms with E-state index in [4.69, 9.17) is 14.6 Å². The second kappa shape index (κ2) is 4.56. The molecule has 0 spiro atoms. The minimum Gasteiger partial charge on any atom is -0.394 e. The zero-order valence-corrected chi connectivity index (χ0v) is 8.41. The lowest BCUT2D eigenvalue weighted by molar-refractivity contribution is -0.384. The minimum absolute atomic E-state index is 0.0282. The fourth-order valence-electron chi connectivity index (χ4n) is 1.47. The Kier molecular flexibility index (Phi) is 3.14. The summed E-state index contributed by atoms with van der Waals surface area (Å²) >= 11 is 0. The van der Waals surface area contributed by atoms with Gasteiger partial charge < -0.3 is 14.6 Å². The fraction of sp³-hybridized carbons (Fsp3) is 0.400. The smallest absolute Gasteiger partial charge is 0.269 e. The van der Waals surface area contributed by atoms with Crippen LogP contribution in [-0.2, 0) is 9.47 Å². The molecule has 6 nitrogen and oxygen atoms in total. The molecule has 6 heteroatoms. The van der Waals surface area contributed by atoms with Gasteiger partial charge in [-0.05, 0) is 12.1 Å². The molecule has 2 atom stereocenters. The zero-order chi connectivity index (χ0) is 11.5. The summed E-state index contributed by atoms with van der Waals surface area (Å²) in [7, 11) is 0. The van der Waals surface area contributed by atoms with Crippen molar-refractivity contribution in [1.82, 2.24) is 0 Å². The zero-order valence-electron chi connectivity index (χ0n) is 8.41. The van der Waals surface area contributed by atoms with Crippen LogP contribution in [0, 0.1) is 10.1 Å². The van der Waals surface area contributed by atoms with Gasteiger partial charge in [0.05, 0.1) is 18.1 Å². The van der Waals surface area contributed by atoms with Gasteiger partial charge in [0, 0.05) is 17.7 Å². The van der Waals surface area contributed by atoms with Gasteiger partial charge in [0.2, 0.25) is 0 Å². The van der Waals surface area contributed by atoms with Crippen LogP contribution < -0.4 is 0 Å². The quantitative estimate of drug-likeness (QED) is 0.613. The van der Waals surface area contributed by atoms with Crippen LogP contribution in [-0.4, -0.2) is 29.3 Å². The first-order chi connectivity index (χ1) is 7.70. The van der Waals surface area contributed by atoms with Crippen molar-refractivity contribution in [3.63, 3.8) is 0 Å². The molecule has 0 saturated carbocycles. The van der Waals surface area contributed by atoms with Crippen LogP contribution in [0.25, 0.3) is 0 Å². The highest BCUT2D eigenvalue weighted by molar-refractivity contribution is 5.33. The van der Waals surface area contributed by atoms with Crippen LogP contribution in [0.2, 0.25) is 0 Å². The number of benzene rings is 1. The van der Waals surface area contributed by atoms with Gasteiger partial charge in [-0.3, -0.25) is 10.1 Å². The second-order valence-corrected chi connectivity index (χ2v) is 3.45. The maximum atomic E-state index is 10.4. The van der Waals surface area contributed by atoms with Crippen LogP contribution in [0.1, 0.15) is 11.9 Å². The Morgan fingerprint density at radius 3 is 2.62 bits per heavy atom. The molecule has 1 N–H and O–H groups in total. The summed E-state index contributed by atoms with van der Waals surface area (Å²) in [6.45, 7) is 0.238. The molecule has 86 valence electrons. The molecule has 1 saturated heterocycles. The van der Waals surface area contributed by atoms with E-state index in [1.165, 1.54) is 12.1 Å². The minimum atomic E-state index is -0.544. The summed E-state index contributed by atoms with van der Waals surface area (Å²) in [5, 5.41) is 19.3. The van der Waals surface area contributed by atoms with Gasteiger partial charge in [-0.25, -0.2) is 0 Å². The Morgan fingerprint density at radius 1 is 1.44 bits per heavy atom. The van der Waals surface area contributed by atoms with Crippen molar-refractivity contribution in [1.29, 1.82) is 0 Å². The first-order valence-electron chi connectivity index (χ1n) is 4.83. The van der Waals surface area contributed by atoms with E-state index < -0.39 is 11.2 Å². The maximum absolute atomic E-state index is 10.4. The van der Waals surface area contributed by atoms with Crippen molar-refractivity contribution >= 4 is 5.69 Å². The van der Waals surface area contributed by atoms with Crippen molar-refractivity contribution < 1.29 is 19.5 Å². The number of hydrogen-bond donors (Lipinski definition) is 1. The predicted molar refractivity (Wildman–Crippen MR) is 53.7 cm³/mol. The molecule has 0 amide bonds. The topological polar surface area (TPSA) is 81.8 Å². The first kappa shape index (κ1) is 11.0. The second-order valence-electron chi connectivity index (χ2n) is 3.45. The molecule has 1 aliphatic heterocycles. The van der Waals surface area contributed by atoms with Crippen LogP contribution in [0.4, 0.5) is 5.69 Å². The summed E-state index contributed by atoms with van der Waals surface area (Å²) < 4.78 is 10.6. The van der Waals surface area contributed by atoms with Crippen molar-refractivity contribution in [3.05, 3.63) is 39.9 Å². The molecular weight excluding hydrogens is 214 g/mol. The Hall–Kier alpha value is -1.50. The van der Waals surface area contributed by atoms with Crippen molar-refractivity contribution in [2.24, 2.45) is 0 Å². The molecule has 1 aromatic rings. The van der Waals surface area contributed by atoms with Crippen LogP contribution >= 0.6 is 0 Å². The number of non-ortho nitro benzene ring substituents is 1. The lowest BCUT2D eigenvalue weighted by Gasteiger charge is -2.09. The summed E-state index contributed by atoms with van der Waals surface area (Å²) in [6.07, 6.45) is -0.863. The molecule has 0 unspecified atom stereocenters. The van der Waals surface area contributed by atoms with E-state index in [1.807, 2.05) is 0 Å². The third kappa shape index (κ3) is 2.19. The van der Waals surface area contributed by atoms with Crippen LogP contribution in [0.3, 0.4) is 0 Å². The van der Waals surface area contributed by atoms with E-state index in [0.29, 0.717) is 12.2 Å². The highest BCUT2D eigenvalue weighted by atomic mass is 16.7. The third-order valence-corrected chi connectivity index (χ3v) is 2.33. The molecule has 1 aromatic carbocycles. The molecule has 0 bridgehead atoms. The molecule has 2 rings (SSSR count). The number of nitro benzene ring substituents is 1. The molecule has 1 aliphatic rings. The van der Waals surface area contributed by atoms with E-state index in [-0.39, 0.29) is 18.4 Å². The number of aliphatic hydroxyl groups is 1. The number of nitro groups is 1. The third-order valence-electron chi connectivity index (χ3n) is 2.33. The normalized spacial score (nSPS) is 24.6. The van der Waals surface area contributed by atoms with Crippen molar-refractivity contribution in [2.45, 2.75) is 12.4 Å². The van der Waals surface area contributed by atoms with E-state index in [2.05, 4.69) is 0 Å². The van der Waals surface area contributed by atoms with E-state index in [1.54, 1.807) is 12.1 Å². The SMILES string of the molecule is O=[N+]([O-])c1ccc([C@H]2OC[C@@H](CO)O2)cc1. The number of hydrogen-bond acceptors (Lipinski definition) is 5. The Labute approximate surface area is 91.6 Å². The van der Waals surface area contributed by atoms with E-state index >= 15 is 0 Å². The molecule has 0 aromatic heterocycles. The fourth-order valence-corrected chi connectivity index (χ4v) is 1.47. The molecule has 1 fully saturated rings. The molecular formula is C10H11NO5. The molecule has 16 heavy (non-hydrogen) atoms. The summed E-state index contributed by atoms with van der Waals surface area (Å²) in [6, 6.07) is 5.97. The highest BCUT2D eigenvalue weighted by Crippen LogP contribution is 2.27. The van der Waals surface area contributed by atoms with Crippen molar-refractivity contribution in [3.8, 4) is 0 Å². The van der Waals surface area contributed by atoms with Gasteiger partial charge in [0.15, 0.2) is 6.29 Å². The largest absolute Gasteiger partial charge is 0.394 e. The highest BCUT2D eigenvalue weighted by Gasteiger charge is 2.26. The average molecular weight is 225 g/mol. The lowest BCUT2D eigenvalue weighted by Crippen LogP contribution is -2.14. The Balaban J connectivity index is 2.08. The van der Waals surface area contributed by atoms with Crippen LogP contribution in [0.15, 0.2) is 24.3 Å². The Bertz CT molecular complexity index is 377. The standard InChI is InChI=1S/C10H11NO5/c12-5-9-6-15-10(16-9)7-1-3-8(4-2-7)11(13)14/h1-4,9-10,12H,5-6H2/t9-,10+/m1/s1. The van der Waals surface area contributed by atoms with Crippen LogP contribution in [0.5, 0.6) is 0 Å². The van der Waals surface area contributed by atoms with Gasteiger partial charge in [0.25, 0.3) is 5.69 Å². The number of aliphatic hydroxyl groups excluding tert-OH is 1. The number of nitrogens with zero attached hydrogens (tertiary/aromatic N) is 1. The van der Waals surface area contributed by atoms with Gasteiger partial charge in [-0.15, -0.1) is 0 Å². The van der Waals surface area contributed by atoms with E-state index in [0.717, 1.165) is 0 Å². The first-order valence-corrected chi connectivity index (χ1v) is 4.83. The summed E-state index contributed by atoms with van der Waals surface area (Å²) in [5.74, 6) is 0. The van der Waals surface area contributed by atoms with Gasteiger partial charge in [0.1, 0.15) is 6.10 Å². The van der Waals surface area contributed by atoms with Gasteiger partial charge in [-0.1, -0.05) is 0 Å².